The molecule has 1 amide bonds. The van der Waals surface area contributed by atoms with Crippen LogP contribution < -0.4 is 5.32 Å². The molecule has 30 heavy (non-hydrogen) atoms. The molecule has 9 heteroatoms. The highest BCUT2D eigenvalue weighted by molar-refractivity contribution is 7.99. The van der Waals surface area contributed by atoms with Gasteiger partial charge in [0.1, 0.15) is 0 Å². The number of carbonyl (C=O) groups excluding carboxylic acids is 1. The first-order valence-corrected chi connectivity index (χ1v) is 10.1. The first-order valence-electron chi connectivity index (χ1n) is 9.14. The average molecular weight is 434 g/mol. The van der Waals surface area contributed by atoms with E-state index in [0.29, 0.717) is 11.0 Å². The van der Waals surface area contributed by atoms with Gasteiger partial charge >= 0.3 is 0 Å². The lowest BCUT2D eigenvalue weighted by molar-refractivity contribution is -0.113. The highest BCUT2D eigenvalue weighted by Crippen LogP contribution is 2.27. The second-order valence-corrected chi connectivity index (χ2v) is 8.69. The van der Waals surface area contributed by atoms with E-state index >= 15 is 0 Å². The lowest BCUT2D eigenvalue weighted by Crippen LogP contribution is -2.16. The minimum Gasteiger partial charge on any atom is -0.323 e. The zero-order valence-electron chi connectivity index (χ0n) is 17.0. The van der Waals surface area contributed by atoms with Gasteiger partial charge in [0.05, 0.1) is 11.4 Å². The lowest BCUT2D eigenvalue weighted by atomic mass is 9.87. The lowest BCUT2D eigenvalue weighted by Gasteiger charge is -2.19. The molecular formula is C21H21F3N4OS. The second kappa shape index (κ2) is 8.51. The number of aromatic nitrogens is 3. The van der Waals surface area contributed by atoms with Gasteiger partial charge in [0.25, 0.3) is 0 Å². The number of hydrogen-bond acceptors (Lipinski definition) is 4. The van der Waals surface area contributed by atoms with Crippen LogP contribution in [-0.4, -0.2) is 26.4 Å². The van der Waals surface area contributed by atoms with Crippen molar-refractivity contribution >= 4 is 23.4 Å². The molecule has 0 radical (unpaired) electrons. The maximum atomic E-state index is 13.7. The molecule has 0 aliphatic carbocycles. The van der Waals surface area contributed by atoms with Gasteiger partial charge in [-0.1, -0.05) is 56.8 Å². The van der Waals surface area contributed by atoms with Crippen molar-refractivity contribution in [2.75, 3.05) is 11.1 Å². The topological polar surface area (TPSA) is 59.8 Å². The Balaban J connectivity index is 1.67. The van der Waals surface area contributed by atoms with Gasteiger partial charge in [-0.25, -0.2) is 13.2 Å². The molecule has 1 aromatic heterocycles. The highest BCUT2D eigenvalue weighted by atomic mass is 32.2. The van der Waals surface area contributed by atoms with Gasteiger partial charge in [0, 0.05) is 12.6 Å². The van der Waals surface area contributed by atoms with Crippen molar-refractivity contribution in [1.82, 2.24) is 14.8 Å². The zero-order chi connectivity index (χ0) is 22.1. The van der Waals surface area contributed by atoms with Crippen LogP contribution in [0.1, 0.15) is 26.3 Å². The van der Waals surface area contributed by atoms with Crippen LogP contribution in [-0.2, 0) is 17.3 Å². The predicted octanol–water partition coefficient (Wildman–Crippen LogP) is 4.93. The molecule has 0 saturated heterocycles. The minimum atomic E-state index is -1.63. The third-order valence-electron chi connectivity index (χ3n) is 4.49. The van der Waals surface area contributed by atoms with Crippen molar-refractivity contribution in [2.24, 2.45) is 7.05 Å². The largest absolute Gasteiger partial charge is 0.323 e. The highest BCUT2D eigenvalue weighted by Gasteiger charge is 2.18. The summed E-state index contributed by atoms with van der Waals surface area (Å²) in [4.78, 5) is 12.1. The minimum absolute atomic E-state index is 0.0414. The number of nitrogens with one attached hydrogen (secondary N) is 1. The maximum Gasteiger partial charge on any atom is 0.234 e. The Bertz CT molecular complexity index is 1080. The van der Waals surface area contributed by atoms with Crippen molar-refractivity contribution in [3.05, 3.63) is 59.4 Å². The van der Waals surface area contributed by atoms with Crippen LogP contribution in [0.3, 0.4) is 0 Å². The van der Waals surface area contributed by atoms with Gasteiger partial charge in [-0.15, -0.1) is 10.2 Å². The van der Waals surface area contributed by atoms with E-state index in [4.69, 9.17) is 0 Å². The van der Waals surface area contributed by atoms with E-state index in [1.165, 1.54) is 5.56 Å². The summed E-state index contributed by atoms with van der Waals surface area (Å²) in [6.07, 6.45) is 0. The van der Waals surface area contributed by atoms with Crippen molar-refractivity contribution in [1.29, 1.82) is 0 Å². The Morgan fingerprint density at radius 2 is 1.70 bits per heavy atom. The van der Waals surface area contributed by atoms with E-state index in [9.17, 15) is 18.0 Å². The average Bonchev–Trinajstić information content (AvgIpc) is 3.07. The fraction of sp³-hybridized carbons (Fsp3) is 0.286. The molecule has 0 saturated carbocycles. The van der Waals surface area contributed by atoms with Gasteiger partial charge in [0.2, 0.25) is 5.91 Å². The summed E-state index contributed by atoms with van der Waals surface area (Å²) in [5.41, 5.74) is 1.71. The van der Waals surface area contributed by atoms with Gasteiger partial charge in [0.15, 0.2) is 28.4 Å². The molecule has 2 aromatic carbocycles. The normalized spacial score (nSPS) is 11.6. The molecule has 0 aliphatic rings. The molecule has 0 spiro atoms. The molecule has 0 bridgehead atoms. The van der Waals surface area contributed by atoms with Crippen LogP contribution in [0.2, 0.25) is 0 Å². The monoisotopic (exact) mass is 434 g/mol. The summed E-state index contributed by atoms with van der Waals surface area (Å²) >= 11 is 1.10. The van der Waals surface area contributed by atoms with Crippen molar-refractivity contribution in [3.8, 4) is 11.4 Å². The maximum absolute atomic E-state index is 13.7. The standard InChI is InChI=1S/C21H21F3N4OS/c1-21(2,3)13-7-5-12(6-8-13)19-26-27-20(28(19)4)30-11-16(29)25-15-10-9-14(22)17(23)18(15)24/h5-10H,11H2,1-4H3,(H,25,29). The summed E-state index contributed by atoms with van der Waals surface area (Å²) < 4.78 is 41.7. The van der Waals surface area contributed by atoms with Crippen LogP contribution in [0.15, 0.2) is 41.6 Å². The number of hydrogen-bond donors (Lipinski definition) is 1. The third-order valence-corrected chi connectivity index (χ3v) is 5.51. The van der Waals surface area contributed by atoms with E-state index in [-0.39, 0.29) is 11.2 Å². The molecule has 3 rings (SSSR count). The zero-order valence-corrected chi connectivity index (χ0v) is 17.8. The SMILES string of the molecule is Cn1c(SCC(=O)Nc2ccc(F)c(F)c2F)nnc1-c1ccc(C(C)(C)C)cc1. The number of thioether (sulfide) groups is 1. The van der Waals surface area contributed by atoms with Crippen LogP contribution in [0.4, 0.5) is 18.9 Å². The summed E-state index contributed by atoms with van der Waals surface area (Å²) in [6, 6.07) is 9.75. The number of benzene rings is 2. The van der Waals surface area contributed by atoms with Crippen molar-refractivity contribution < 1.29 is 18.0 Å². The van der Waals surface area contributed by atoms with E-state index in [2.05, 4.69) is 36.3 Å². The number of rotatable bonds is 5. The quantitative estimate of drug-likeness (QED) is 0.457. The first-order chi connectivity index (χ1) is 14.1. The second-order valence-electron chi connectivity index (χ2n) is 7.75. The van der Waals surface area contributed by atoms with Crippen molar-refractivity contribution in [2.45, 2.75) is 31.3 Å². The van der Waals surface area contributed by atoms with Crippen LogP contribution >= 0.6 is 11.8 Å². The fourth-order valence-corrected chi connectivity index (χ4v) is 3.46. The summed E-state index contributed by atoms with van der Waals surface area (Å²) in [5, 5.41) is 11.0. The Kier molecular flexibility index (Phi) is 6.21. The number of halogens is 3. The van der Waals surface area contributed by atoms with E-state index in [0.717, 1.165) is 29.5 Å². The van der Waals surface area contributed by atoms with Gasteiger partial charge < -0.3 is 9.88 Å². The van der Waals surface area contributed by atoms with Gasteiger partial charge in [-0.2, -0.15) is 0 Å². The molecule has 3 aromatic rings. The molecule has 5 nitrogen and oxygen atoms in total. The number of anilines is 1. The Labute approximate surface area is 176 Å². The number of nitrogens with zero attached hydrogens (tertiary/aromatic N) is 3. The number of carbonyl (C=O) groups is 1. The molecule has 158 valence electrons. The van der Waals surface area contributed by atoms with Crippen LogP contribution in [0, 0.1) is 17.5 Å². The summed E-state index contributed by atoms with van der Waals surface area (Å²) in [6.45, 7) is 6.41. The predicted molar refractivity (Wildman–Crippen MR) is 111 cm³/mol. The van der Waals surface area contributed by atoms with E-state index < -0.39 is 29.0 Å². The molecule has 0 atom stereocenters. The molecule has 0 unspecified atom stereocenters. The fourth-order valence-electron chi connectivity index (χ4n) is 2.75. The van der Waals surface area contributed by atoms with Gasteiger partial charge in [-0.05, 0) is 23.1 Å². The molecule has 1 N–H and O–H groups in total. The number of amides is 1. The Morgan fingerprint density at radius 1 is 1.03 bits per heavy atom. The molecule has 0 fully saturated rings. The summed E-state index contributed by atoms with van der Waals surface area (Å²) in [5.74, 6) is -4.42. The Hall–Kier alpha value is -2.81. The van der Waals surface area contributed by atoms with Crippen LogP contribution in [0.25, 0.3) is 11.4 Å². The first kappa shape index (κ1) is 21.9. The van der Waals surface area contributed by atoms with Crippen molar-refractivity contribution in [3.63, 3.8) is 0 Å². The molecular weight excluding hydrogens is 413 g/mol. The van der Waals surface area contributed by atoms with E-state index in [1.807, 2.05) is 24.3 Å². The van der Waals surface area contributed by atoms with E-state index in [1.54, 1.807) is 11.6 Å². The third kappa shape index (κ3) is 4.67. The Morgan fingerprint density at radius 3 is 2.33 bits per heavy atom. The van der Waals surface area contributed by atoms with Gasteiger partial charge in [-0.3, -0.25) is 4.79 Å². The molecule has 1 heterocycles. The van der Waals surface area contributed by atoms with Crippen LogP contribution in [0.5, 0.6) is 0 Å². The molecule has 0 aliphatic heterocycles. The smallest absolute Gasteiger partial charge is 0.234 e. The summed E-state index contributed by atoms with van der Waals surface area (Å²) in [7, 11) is 1.78.